The monoisotopic (exact) mass is 418 g/mol. The van der Waals surface area contributed by atoms with Gasteiger partial charge in [-0.15, -0.1) is 0 Å². The number of benzene rings is 1. The van der Waals surface area contributed by atoms with Gasteiger partial charge in [-0.2, -0.15) is 0 Å². The number of carbonyl (C=O) groups is 2. The molecule has 2 saturated heterocycles. The van der Waals surface area contributed by atoms with Crippen molar-refractivity contribution in [2.75, 3.05) is 44.2 Å². The van der Waals surface area contributed by atoms with E-state index in [-0.39, 0.29) is 30.7 Å². The zero-order chi connectivity index (χ0) is 20.5. The SMILES string of the molecule is O=C(c1ccc([N+](=O)[O-])o1)N1CC(C(=O)N2CCN(c3ccccc3Cl)CC2)C1. The van der Waals surface area contributed by atoms with E-state index >= 15 is 0 Å². The number of likely N-dealkylation sites (tertiary alicyclic amines) is 1. The van der Waals surface area contributed by atoms with E-state index in [9.17, 15) is 19.7 Å². The summed E-state index contributed by atoms with van der Waals surface area (Å²) in [5.41, 5.74) is 0.967. The first kappa shape index (κ1) is 19.3. The molecule has 2 aliphatic rings. The third kappa shape index (κ3) is 3.77. The van der Waals surface area contributed by atoms with Gasteiger partial charge in [-0.05, 0) is 18.2 Å². The van der Waals surface area contributed by atoms with Crippen LogP contribution < -0.4 is 4.90 Å². The lowest BCUT2D eigenvalue weighted by atomic mass is 9.97. The largest absolute Gasteiger partial charge is 0.433 e. The van der Waals surface area contributed by atoms with Crippen LogP contribution in [0.15, 0.2) is 40.8 Å². The van der Waals surface area contributed by atoms with Crippen LogP contribution in [0.4, 0.5) is 11.6 Å². The number of hydrogen-bond acceptors (Lipinski definition) is 6. The Morgan fingerprint density at radius 2 is 1.72 bits per heavy atom. The molecule has 3 heterocycles. The van der Waals surface area contributed by atoms with E-state index in [0.717, 1.165) is 11.8 Å². The zero-order valence-corrected chi connectivity index (χ0v) is 16.2. The Kier molecular flexibility index (Phi) is 5.14. The molecule has 1 aromatic heterocycles. The number of anilines is 1. The molecule has 2 fully saturated rings. The van der Waals surface area contributed by atoms with E-state index in [2.05, 4.69) is 4.90 Å². The van der Waals surface area contributed by atoms with Crippen molar-refractivity contribution in [1.29, 1.82) is 0 Å². The minimum Gasteiger partial charge on any atom is -0.395 e. The molecule has 9 nitrogen and oxygen atoms in total. The second-order valence-corrected chi connectivity index (χ2v) is 7.47. The molecule has 0 atom stereocenters. The summed E-state index contributed by atoms with van der Waals surface area (Å²) in [6.45, 7) is 3.16. The predicted molar refractivity (Wildman–Crippen MR) is 105 cm³/mol. The van der Waals surface area contributed by atoms with Crippen LogP contribution in [-0.2, 0) is 4.79 Å². The second kappa shape index (κ2) is 7.75. The molecule has 0 saturated carbocycles. The number of amides is 2. The average Bonchev–Trinajstić information content (AvgIpc) is 3.18. The van der Waals surface area contributed by atoms with E-state index in [1.165, 1.54) is 11.0 Å². The van der Waals surface area contributed by atoms with E-state index in [1.807, 2.05) is 29.2 Å². The molecule has 2 amide bonds. The lowest BCUT2D eigenvalue weighted by molar-refractivity contribution is -0.402. The molecule has 10 heteroatoms. The Hall–Kier alpha value is -3.07. The number of furan rings is 1. The van der Waals surface area contributed by atoms with Gasteiger partial charge in [0.05, 0.1) is 22.7 Å². The number of nitrogens with zero attached hydrogens (tertiary/aromatic N) is 4. The number of para-hydroxylation sites is 1. The first-order valence-corrected chi connectivity index (χ1v) is 9.63. The number of piperazine rings is 1. The molecule has 2 aliphatic heterocycles. The highest BCUT2D eigenvalue weighted by atomic mass is 35.5. The van der Waals surface area contributed by atoms with Crippen molar-refractivity contribution in [3.05, 3.63) is 57.3 Å². The maximum absolute atomic E-state index is 12.7. The second-order valence-electron chi connectivity index (χ2n) is 7.07. The van der Waals surface area contributed by atoms with Gasteiger partial charge in [0.1, 0.15) is 4.92 Å². The van der Waals surface area contributed by atoms with Crippen LogP contribution in [0.3, 0.4) is 0 Å². The van der Waals surface area contributed by atoms with Crippen molar-refractivity contribution in [3.63, 3.8) is 0 Å². The summed E-state index contributed by atoms with van der Waals surface area (Å²) < 4.78 is 4.94. The van der Waals surface area contributed by atoms with Crippen molar-refractivity contribution in [3.8, 4) is 0 Å². The number of halogens is 1. The molecule has 0 bridgehead atoms. The minimum absolute atomic E-state index is 0.0262. The van der Waals surface area contributed by atoms with Crippen molar-refractivity contribution < 1.29 is 18.9 Å². The molecule has 4 rings (SSSR count). The summed E-state index contributed by atoms with van der Waals surface area (Å²) in [7, 11) is 0. The van der Waals surface area contributed by atoms with E-state index in [1.54, 1.807) is 0 Å². The first-order chi connectivity index (χ1) is 13.9. The number of rotatable bonds is 4. The van der Waals surface area contributed by atoms with Crippen LogP contribution in [-0.4, -0.2) is 65.8 Å². The smallest absolute Gasteiger partial charge is 0.395 e. The quantitative estimate of drug-likeness (QED) is 0.557. The fourth-order valence-corrected chi connectivity index (χ4v) is 3.89. The van der Waals surface area contributed by atoms with E-state index in [4.69, 9.17) is 16.0 Å². The van der Waals surface area contributed by atoms with Gasteiger partial charge < -0.3 is 19.1 Å². The number of carbonyl (C=O) groups excluding carboxylic acids is 2. The summed E-state index contributed by atoms with van der Waals surface area (Å²) in [4.78, 5) is 40.4. The third-order valence-corrected chi connectivity index (χ3v) is 5.60. The Labute approximate surface area is 171 Å². The maximum Gasteiger partial charge on any atom is 0.433 e. The van der Waals surface area contributed by atoms with Crippen LogP contribution in [0.2, 0.25) is 5.02 Å². The zero-order valence-electron chi connectivity index (χ0n) is 15.5. The van der Waals surface area contributed by atoms with Gasteiger partial charge in [0.25, 0.3) is 5.91 Å². The predicted octanol–water partition coefficient (Wildman–Crippen LogP) is 2.26. The average molecular weight is 419 g/mol. The van der Waals surface area contributed by atoms with Gasteiger partial charge in [-0.25, -0.2) is 0 Å². The lowest BCUT2D eigenvalue weighted by Gasteiger charge is -2.43. The minimum atomic E-state index is -0.693. The molecule has 0 aliphatic carbocycles. The van der Waals surface area contributed by atoms with Gasteiger partial charge in [-0.3, -0.25) is 19.7 Å². The van der Waals surface area contributed by atoms with Gasteiger partial charge in [-0.1, -0.05) is 23.7 Å². The van der Waals surface area contributed by atoms with Crippen molar-refractivity contribution in [1.82, 2.24) is 9.80 Å². The molecular weight excluding hydrogens is 400 g/mol. The Morgan fingerprint density at radius 3 is 2.34 bits per heavy atom. The standard InChI is InChI=1S/C19H19ClN4O5/c20-14-3-1-2-4-15(14)21-7-9-22(10-8-21)18(25)13-11-23(12-13)19(26)16-5-6-17(29-16)24(27)28/h1-6,13H,7-12H2. The van der Waals surface area contributed by atoms with E-state index in [0.29, 0.717) is 31.2 Å². The highest BCUT2D eigenvalue weighted by molar-refractivity contribution is 6.33. The molecule has 0 spiro atoms. The van der Waals surface area contributed by atoms with Crippen molar-refractivity contribution >= 4 is 35.0 Å². The summed E-state index contributed by atoms with van der Waals surface area (Å²) in [6.07, 6.45) is 0. The summed E-state index contributed by atoms with van der Waals surface area (Å²) >= 11 is 6.25. The Bertz CT molecular complexity index is 948. The molecule has 29 heavy (non-hydrogen) atoms. The Balaban J connectivity index is 1.28. The normalized spacial score (nSPS) is 17.2. The molecular formula is C19H19ClN4O5. The lowest BCUT2D eigenvalue weighted by Crippen LogP contribution is -2.59. The number of nitro groups is 1. The fourth-order valence-electron chi connectivity index (χ4n) is 3.63. The van der Waals surface area contributed by atoms with Crippen LogP contribution in [0.5, 0.6) is 0 Å². The van der Waals surface area contributed by atoms with Gasteiger partial charge >= 0.3 is 5.88 Å². The number of hydrogen-bond donors (Lipinski definition) is 0. The summed E-state index contributed by atoms with van der Waals surface area (Å²) in [5, 5.41) is 11.4. The molecule has 1 aromatic carbocycles. The van der Waals surface area contributed by atoms with Gasteiger partial charge in [0.15, 0.2) is 5.76 Å². The molecule has 152 valence electrons. The molecule has 2 aromatic rings. The highest BCUT2D eigenvalue weighted by Crippen LogP contribution is 2.27. The summed E-state index contributed by atoms with van der Waals surface area (Å²) in [5.74, 6) is -1.23. The molecule has 0 radical (unpaired) electrons. The fraction of sp³-hybridized carbons (Fsp3) is 0.368. The topological polar surface area (TPSA) is 100 Å². The van der Waals surface area contributed by atoms with Crippen LogP contribution in [0, 0.1) is 16.0 Å². The maximum atomic E-state index is 12.7. The molecule has 0 unspecified atom stereocenters. The van der Waals surface area contributed by atoms with Crippen molar-refractivity contribution in [2.24, 2.45) is 5.92 Å². The third-order valence-electron chi connectivity index (χ3n) is 5.29. The van der Waals surface area contributed by atoms with Crippen LogP contribution in [0.1, 0.15) is 10.6 Å². The highest BCUT2D eigenvalue weighted by Gasteiger charge is 2.40. The Morgan fingerprint density at radius 1 is 1.03 bits per heavy atom. The van der Waals surface area contributed by atoms with Crippen LogP contribution in [0.25, 0.3) is 0 Å². The van der Waals surface area contributed by atoms with Crippen LogP contribution >= 0.6 is 11.6 Å². The van der Waals surface area contributed by atoms with Gasteiger partial charge in [0.2, 0.25) is 5.91 Å². The molecule has 0 N–H and O–H groups in total. The summed E-state index contributed by atoms with van der Waals surface area (Å²) in [6, 6.07) is 10.1. The first-order valence-electron chi connectivity index (χ1n) is 9.26. The van der Waals surface area contributed by atoms with Crippen molar-refractivity contribution in [2.45, 2.75) is 0 Å². The van der Waals surface area contributed by atoms with E-state index < -0.39 is 16.7 Å². The van der Waals surface area contributed by atoms with Gasteiger partial charge in [0, 0.05) is 39.3 Å².